The summed E-state index contributed by atoms with van der Waals surface area (Å²) in [4.78, 5) is 4.95. The third-order valence-electron chi connectivity index (χ3n) is 31.1. The summed E-state index contributed by atoms with van der Waals surface area (Å²) < 4.78 is 31.6. The molecule has 135 heavy (non-hydrogen) atoms. The first-order valence-corrected chi connectivity index (χ1v) is 51.5. The summed E-state index contributed by atoms with van der Waals surface area (Å²) >= 11 is 7.18. The van der Waals surface area contributed by atoms with Crippen LogP contribution in [0, 0.1) is 55.4 Å². The lowest BCUT2D eigenvalue weighted by Gasteiger charge is -2.34. The highest BCUT2D eigenvalue weighted by atomic mass is 32.3. The van der Waals surface area contributed by atoms with Gasteiger partial charge in [-0.1, -0.05) is 318 Å². The first kappa shape index (κ1) is 88.0. The Balaban J connectivity index is 0.000000149. The highest BCUT2D eigenvalue weighted by Crippen LogP contribution is 2.67. The van der Waals surface area contributed by atoms with Crippen molar-refractivity contribution in [3.63, 3.8) is 0 Å². The fourth-order valence-corrected chi connectivity index (χ4v) is 27.6. The lowest BCUT2D eigenvalue weighted by molar-refractivity contribution is 0.126. The average Bonchev–Trinajstić information content (AvgIpc) is 1.51. The minimum Gasteiger partial charge on any atom is -0.376 e. The van der Waals surface area contributed by atoms with Crippen molar-refractivity contribution in [2.45, 2.75) is 154 Å². The number of benzene rings is 14. The van der Waals surface area contributed by atoms with Crippen LogP contribution in [0.25, 0.3) is 86.3 Å². The van der Waals surface area contributed by atoms with Crippen LogP contribution < -0.4 is 0 Å². The minimum atomic E-state index is -4.67. The van der Waals surface area contributed by atoms with Gasteiger partial charge in [0.2, 0.25) is 0 Å². The summed E-state index contributed by atoms with van der Waals surface area (Å²) in [7, 11) is -4.67. The summed E-state index contributed by atoms with van der Waals surface area (Å²) in [5.41, 5.74) is 48.3. The third-order valence-corrected chi connectivity index (χ3v) is 34.9. The van der Waals surface area contributed by atoms with E-state index in [-0.39, 0.29) is 21.7 Å². The maximum Gasteiger partial charge on any atom is 0.394 e. The molecule has 0 radical (unpaired) electrons. The van der Waals surface area contributed by atoms with Crippen LogP contribution in [0.5, 0.6) is 0 Å². The summed E-state index contributed by atoms with van der Waals surface area (Å²) in [5.74, 6) is 0. The summed E-state index contributed by atoms with van der Waals surface area (Å²) in [6.45, 7) is 36.5. The first-order valence-electron chi connectivity index (χ1n) is 46.6. The Morgan fingerprint density at radius 1 is 0.222 bits per heavy atom. The monoisotopic (exact) mass is 1850 g/mol. The van der Waals surface area contributed by atoms with Gasteiger partial charge in [-0.2, -0.15) is 8.42 Å². The Labute approximate surface area is 809 Å². The lowest BCUT2D eigenvalue weighted by Crippen LogP contribution is -2.29. The average molecular weight is 1850 g/mol. The van der Waals surface area contributed by atoms with Gasteiger partial charge < -0.3 is 10.2 Å². The molecular weight excluding hydrogens is 1750 g/mol. The van der Waals surface area contributed by atoms with Crippen LogP contribution in [0.15, 0.2) is 325 Å². The predicted octanol–water partition coefficient (Wildman–Crippen LogP) is 31.3. The SMILES string of the molecule is Cc1ccc(C(O)(c2ccc(C)cc2)c2ccsc2-c2ccc3c(c2)C(C)(C)c2cc4c(cc2-3)C(C)(C)c2cc(-c3sccc3C(O)(c3ccc(C)cc3)c3ccc(C)cc3)ccc2-4)cc1.Cc1ccc(C2(c3ccc(C)cc3)c3cc4c(cc3-c3sccc32)C(C)(C)c2cc3c(cc2-4)C(C)(C)c2cc4c(cc2-3)C(c2ccc(C)cc2)(c2ccc(C)cc2)c2ccsc2-4)cc1.O=S(=O)(O)O. The molecule has 18 aromatic rings. The Hall–Kier alpha value is -12.3. The van der Waals surface area contributed by atoms with Crippen molar-refractivity contribution in [1.29, 1.82) is 0 Å². The van der Waals surface area contributed by atoms with Crippen LogP contribution in [0.3, 0.4) is 0 Å². The smallest absolute Gasteiger partial charge is 0.376 e. The fraction of sp³-hybridized carbons (Fsp3) is 0.194. The van der Waals surface area contributed by atoms with E-state index in [1.54, 1.807) is 22.7 Å². The molecule has 14 aromatic carbocycles. The van der Waals surface area contributed by atoms with Gasteiger partial charge in [-0.3, -0.25) is 9.11 Å². The molecule has 668 valence electrons. The maximum atomic E-state index is 13.0. The van der Waals surface area contributed by atoms with Crippen molar-refractivity contribution >= 4 is 55.7 Å². The topological polar surface area (TPSA) is 115 Å². The molecule has 0 aliphatic heterocycles. The molecule has 0 atom stereocenters. The molecule has 0 saturated heterocycles. The van der Waals surface area contributed by atoms with Gasteiger partial charge >= 0.3 is 10.4 Å². The van der Waals surface area contributed by atoms with Crippen molar-refractivity contribution in [2.24, 2.45) is 0 Å². The van der Waals surface area contributed by atoms with Gasteiger partial charge in [-0.15, -0.1) is 45.3 Å². The van der Waals surface area contributed by atoms with Gasteiger partial charge in [-0.25, -0.2) is 0 Å². The molecule has 0 bridgehead atoms. The standard InChI is InChI=1S/C62H54O2S2.C62H50S2.H2O4S/c1-37-9-19-43(20-10-37)61(63,44-21-11-38(2)12-22-44)51-29-31-65-57(51)41-17-27-47-49-35-56-50(36-55(49)59(5,6)53(47)33-41)48-28-18-42(34-54(48)60(56,7)8)58-52(30-32-66-58)62(64,45-23-13-39(3)14-24-45)46-25-15-40(4)16-26-46;1-35-9-17-39(18-10-35)61(40-19-11-36(2)12-20-40)49-25-27-63-57(49)47-33-53-45(31-55(47)61)43-29-52-44(30-51(43)59(53,5)6)46-32-56-48(34-54(46)60(52,7)8)58-50(26-28-64-58)62(56,41-21-13-37(3)14-22-41)42-23-15-38(4)16-24-42;1-5(2,3)4/h9-36,63-64H,1-8H3;9-34H,1-8H3;(H2,1,2,3,4). The summed E-state index contributed by atoms with van der Waals surface area (Å²) in [5, 5.41) is 34.9. The van der Waals surface area contributed by atoms with E-state index in [0.29, 0.717) is 0 Å². The first-order chi connectivity index (χ1) is 64.4. The van der Waals surface area contributed by atoms with E-state index in [1.807, 2.05) is 22.7 Å². The Morgan fingerprint density at radius 3 is 0.674 bits per heavy atom. The van der Waals surface area contributed by atoms with Gasteiger partial charge in [0.1, 0.15) is 11.2 Å². The number of fused-ring (bicyclic) bond motifs is 18. The molecule has 6 aliphatic carbocycles. The third kappa shape index (κ3) is 13.3. The molecule has 4 heterocycles. The molecule has 0 saturated carbocycles. The zero-order valence-corrected chi connectivity index (χ0v) is 82.9. The van der Waals surface area contributed by atoms with Gasteiger partial charge in [0.05, 0.1) is 10.8 Å². The van der Waals surface area contributed by atoms with Crippen molar-refractivity contribution in [1.82, 2.24) is 0 Å². The zero-order chi connectivity index (χ0) is 94.1. The molecule has 6 nitrogen and oxygen atoms in total. The second kappa shape index (κ2) is 31.4. The van der Waals surface area contributed by atoms with Crippen LogP contribution >= 0.6 is 45.3 Å². The van der Waals surface area contributed by atoms with Crippen molar-refractivity contribution in [3.8, 4) is 86.3 Å². The second-order valence-corrected chi connectivity index (χ2v) is 45.3. The van der Waals surface area contributed by atoms with Gasteiger partial charge in [0, 0.05) is 52.3 Å². The Kier molecular flexibility index (Phi) is 20.4. The van der Waals surface area contributed by atoms with Crippen LogP contribution in [0.1, 0.15) is 222 Å². The molecule has 0 amide bonds. The summed E-state index contributed by atoms with van der Waals surface area (Å²) in [6, 6.07) is 114. The van der Waals surface area contributed by atoms with E-state index >= 15 is 0 Å². The second-order valence-electron chi connectivity index (χ2n) is 40.7. The quantitative estimate of drug-likeness (QED) is 0.0906. The van der Waals surface area contributed by atoms with E-state index in [2.05, 4.69) is 436 Å². The number of aryl methyl sites for hydroxylation is 8. The number of thiophene rings is 4. The molecule has 0 fully saturated rings. The zero-order valence-electron chi connectivity index (χ0n) is 78.8. The van der Waals surface area contributed by atoms with Crippen LogP contribution in [0.2, 0.25) is 0 Å². The molecule has 24 rings (SSSR count). The fourth-order valence-electron chi connectivity index (χ4n) is 23.8. The van der Waals surface area contributed by atoms with E-state index < -0.39 is 32.4 Å². The maximum absolute atomic E-state index is 13.0. The molecule has 6 aliphatic rings. The van der Waals surface area contributed by atoms with E-state index in [4.69, 9.17) is 17.5 Å². The lowest BCUT2D eigenvalue weighted by atomic mass is 9.67. The van der Waals surface area contributed by atoms with Crippen LogP contribution in [-0.4, -0.2) is 27.7 Å². The van der Waals surface area contributed by atoms with Crippen molar-refractivity contribution < 1.29 is 27.7 Å². The van der Waals surface area contributed by atoms with Crippen molar-refractivity contribution in [2.75, 3.05) is 0 Å². The van der Waals surface area contributed by atoms with E-state index in [1.165, 1.54) is 177 Å². The normalized spacial score (nSPS) is 15.4. The predicted molar refractivity (Wildman–Crippen MR) is 562 cm³/mol. The van der Waals surface area contributed by atoms with Crippen LogP contribution in [0.4, 0.5) is 0 Å². The number of rotatable bonds is 12. The van der Waals surface area contributed by atoms with Gasteiger partial charge in [-0.05, 0) is 340 Å². The van der Waals surface area contributed by atoms with E-state index in [9.17, 15) is 10.2 Å². The number of aliphatic hydroxyl groups is 2. The highest BCUT2D eigenvalue weighted by Gasteiger charge is 2.54. The van der Waals surface area contributed by atoms with Gasteiger partial charge in [0.25, 0.3) is 0 Å². The molecule has 0 spiro atoms. The van der Waals surface area contributed by atoms with Crippen LogP contribution in [-0.2, 0) is 54.1 Å². The van der Waals surface area contributed by atoms with Gasteiger partial charge in [0.15, 0.2) is 0 Å². The molecule has 0 unspecified atom stereocenters. The molecule has 4 aromatic heterocycles. The largest absolute Gasteiger partial charge is 0.394 e. The molecule has 4 N–H and O–H groups in total. The minimum absolute atomic E-state index is 0.188. The van der Waals surface area contributed by atoms with Crippen molar-refractivity contribution in [3.05, 3.63) is 492 Å². The van der Waals surface area contributed by atoms with E-state index in [0.717, 1.165) is 76.5 Å². The summed E-state index contributed by atoms with van der Waals surface area (Å²) in [6.07, 6.45) is 0. The Bertz CT molecular complexity index is 7360. The number of hydrogen-bond acceptors (Lipinski definition) is 8. The molecule has 11 heteroatoms. The Morgan fingerprint density at radius 2 is 0.422 bits per heavy atom. The molecular formula is C124H106O6S5. The number of hydrogen-bond donors (Lipinski definition) is 4. The highest BCUT2D eigenvalue weighted by molar-refractivity contribution is 7.79.